The van der Waals surface area contributed by atoms with Gasteiger partial charge in [0, 0.05) is 42.5 Å². The molecule has 162 valence electrons. The highest BCUT2D eigenvalue weighted by atomic mass is 32.1. The van der Waals surface area contributed by atoms with Crippen LogP contribution in [-0.2, 0) is 11.3 Å². The van der Waals surface area contributed by atoms with Crippen molar-refractivity contribution < 1.29 is 9.53 Å². The molecule has 1 saturated heterocycles. The molecule has 2 aromatic carbocycles. The second-order valence-electron chi connectivity index (χ2n) is 7.53. The number of benzene rings is 2. The van der Waals surface area contributed by atoms with E-state index in [2.05, 4.69) is 28.1 Å². The number of carbonyl (C=O) groups excluding carboxylic acids is 1. The van der Waals surface area contributed by atoms with Gasteiger partial charge in [0.1, 0.15) is 17.3 Å². The first-order chi connectivity index (χ1) is 15.7. The van der Waals surface area contributed by atoms with E-state index in [1.807, 2.05) is 42.5 Å². The van der Waals surface area contributed by atoms with Crippen LogP contribution < -0.4 is 15.5 Å². The summed E-state index contributed by atoms with van der Waals surface area (Å²) in [6, 6.07) is 18.0. The number of fused-ring (bicyclic) bond motifs is 1. The number of carbonyl (C=O) groups is 1. The van der Waals surface area contributed by atoms with Crippen molar-refractivity contribution in [3.8, 4) is 11.1 Å². The summed E-state index contributed by atoms with van der Waals surface area (Å²) >= 11 is 1.59. The number of urea groups is 1. The Labute approximate surface area is 190 Å². The SMILES string of the molecule is COCc1nc(Nc2cccc(N3CCCNC3=O)c2)c2c(-c3ccccc3)csc2n1. The first-order valence-corrected chi connectivity index (χ1v) is 11.4. The van der Waals surface area contributed by atoms with Crippen molar-refractivity contribution in [2.24, 2.45) is 0 Å². The fourth-order valence-electron chi connectivity index (χ4n) is 3.86. The molecule has 2 aromatic heterocycles. The van der Waals surface area contributed by atoms with Crippen LogP contribution >= 0.6 is 11.3 Å². The van der Waals surface area contributed by atoms with E-state index >= 15 is 0 Å². The van der Waals surface area contributed by atoms with Gasteiger partial charge in [0.15, 0.2) is 5.82 Å². The number of methoxy groups -OCH3 is 1. The summed E-state index contributed by atoms with van der Waals surface area (Å²) in [6.45, 7) is 1.75. The van der Waals surface area contributed by atoms with Gasteiger partial charge in [0.05, 0.1) is 5.39 Å². The van der Waals surface area contributed by atoms with Crippen molar-refractivity contribution in [3.05, 3.63) is 65.8 Å². The zero-order valence-electron chi connectivity index (χ0n) is 17.7. The molecule has 0 spiro atoms. The lowest BCUT2D eigenvalue weighted by Gasteiger charge is -2.27. The largest absolute Gasteiger partial charge is 0.377 e. The van der Waals surface area contributed by atoms with Crippen LogP contribution in [0.4, 0.5) is 22.0 Å². The van der Waals surface area contributed by atoms with Crippen LogP contribution in [0, 0.1) is 0 Å². The Morgan fingerprint density at radius 2 is 2.03 bits per heavy atom. The highest BCUT2D eigenvalue weighted by molar-refractivity contribution is 7.17. The number of ether oxygens (including phenoxy) is 1. The Morgan fingerprint density at radius 3 is 2.84 bits per heavy atom. The lowest BCUT2D eigenvalue weighted by atomic mass is 10.1. The number of aromatic nitrogens is 2. The number of hydrogen-bond acceptors (Lipinski definition) is 6. The number of nitrogens with zero attached hydrogens (tertiary/aromatic N) is 3. The van der Waals surface area contributed by atoms with E-state index in [-0.39, 0.29) is 6.03 Å². The highest BCUT2D eigenvalue weighted by Gasteiger charge is 2.20. The monoisotopic (exact) mass is 445 g/mol. The predicted molar refractivity (Wildman–Crippen MR) is 129 cm³/mol. The summed E-state index contributed by atoms with van der Waals surface area (Å²) in [5.74, 6) is 1.35. The van der Waals surface area contributed by atoms with Crippen molar-refractivity contribution in [1.29, 1.82) is 0 Å². The summed E-state index contributed by atoms with van der Waals surface area (Å²) in [7, 11) is 1.64. The lowest BCUT2D eigenvalue weighted by Crippen LogP contribution is -2.46. The maximum Gasteiger partial charge on any atom is 0.321 e. The fraction of sp³-hybridized carbons (Fsp3) is 0.208. The molecule has 0 unspecified atom stereocenters. The number of amides is 2. The summed E-state index contributed by atoms with van der Waals surface area (Å²) in [5.41, 5.74) is 3.91. The standard InChI is InChI=1S/C24H23N5O2S/c1-31-14-20-27-22(21-19(15-32-23(21)28-20)16-7-3-2-4-8-16)26-17-9-5-10-18(13-17)29-12-6-11-25-24(29)30/h2-5,7-10,13,15H,6,11-12,14H2,1H3,(H,25,30)(H,26,27,28). The third-order valence-corrected chi connectivity index (χ3v) is 6.21. The minimum absolute atomic E-state index is 0.0654. The first kappa shape index (κ1) is 20.4. The van der Waals surface area contributed by atoms with E-state index in [0.29, 0.717) is 19.0 Å². The fourth-order valence-corrected chi connectivity index (χ4v) is 4.83. The lowest BCUT2D eigenvalue weighted by molar-refractivity contribution is 0.178. The van der Waals surface area contributed by atoms with Gasteiger partial charge in [-0.25, -0.2) is 14.8 Å². The number of thiophene rings is 1. The summed E-state index contributed by atoms with van der Waals surface area (Å²) < 4.78 is 5.28. The Morgan fingerprint density at radius 1 is 1.16 bits per heavy atom. The van der Waals surface area contributed by atoms with E-state index in [0.717, 1.165) is 51.5 Å². The summed E-state index contributed by atoms with van der Waals surface area (Å²) in [6.07, 6.45) is 0.922. The molecule has 7 nitrogen and oxygen atoms in total. The van der Waals surface area contributed by atoms with E-state index in [1.165, 1.54) is 0 Å². The van der Waals surface area contributed by atoms with Crippen LogP contribution in [0.15, 0.2) is 60.0 Å². The quantitative estimate of drug-likeness (QED) is 0.428. The molecule has 0 aliphatic carbocycles. The molecule has 1 aliphatic heterocycles. The summed E-state index contributed by atoms with van der Waals surface area (Å²) in [4.78, 5) is 24.4. The highest BCUT2D eigenvalue weighted by Crippen LogP contribution is 2.38. The molecule has 3 heterocycles. The van der Waals surface area contributed by atoms with E-state index in [4.69, 9.17) is 14.7 Å². The second kappa shape index (κ2) is 8.94. The van der Waals surface area contributed by atoms with Crippen LogP contribution in [-0.4, -0.2) is 36.2 Å². The van der Waals surface area contributed by atoms with Gasteiger partial charge >= 0.3 is 6.03 Å². The molecule has 4 aromatic rings. The maximum atomic E-state index is 12.3. The molecule has 0 radical (unpaired) electrons. The molecule has 0 saturated carbocycles. The van der Waals surface area contributed by atoms with Crippen LogP contribution in [0.2, 0.25) is 0 Å². The average Bonchev–Trinajstić information content (AvgIpc) is 3.25. The number of nitrogens with one attached hydrogen (secondary N) is 2. The molecule has 8 heteroatoms. The van der Waals surface area contributed by atoms with E-state index < -0.39 is 0 Å². The topological polar surface area (TPSA) is 79.4 Å². The van der Waals surface area contributed by atoms with E-state index in [1.54, 1.807) is 23.3 Å². The van der Waals surface area contributed by atoms with Crippen LogP contribution in [0.1, 0.15) is 12.2 Å². The molecule has 2 N–H and O–H groups in total. The minimum Gasteiger partial charge on any atom is -0.377 e. The molecule has 0 bridgehead atoms. The van der Waals surface area contributed by atoms with Gasteiger partial charge in [-0.05, 0) is 30.2 Å². The molecule has 32 heavy (non-hydrogen) atoms. The zero-order chi connectivity index (χ0) is 21.9. The third-order valence-electron chi connectivity index (χ3n) is 5.34. The number of rotatable bonds is 6. The van der Waals surface area contributed by atoms with Crippen molar-refractivity contribution in [2.45, 2.75) is 13.0 Å². The Bertz CT molecular complexity index is 1260. The van der Waals surface area contributed by atoms with Crippen LogP contribution in [0.25, 0.3) is 21.3 Å². The Kier molecular flexibility index (Phi) is 5.70. The van der Waals surface area contributed by atoms with Crippen molar-refractivity contribution >= 4 is 44.8 Å². The van der Waals surface area contributed by atoms with Crippen molar-refractivity contribution in [2.75, 3.05) is 30.4 Å². The third kappa shape index (κ3) is 4.02. The van der Waals surface area contributed by atoms with Gasteiger partial charge < -0.3 is 15.4 Å². The van der Waals surface area contributed by atoms with Crippen LogP contribution in [0.3, 0.4) is 0 Å². The number of hydrogen-bond donors (Lipinski definition) is 2. The van der Waals surface area contributed by atoms with E-state index in [9.17, 15) is 4.79 Å². The van der Waals surface area contributed by atoms with Gasteiger partial charge in [0.25, 0.3) is 0 Å². The smallest absolute Gasteiger partial charge is 0.321 e. The maximum absolute atomic E-state index is 12.3. The number of anilines is 3. The second-order valence-corrected chi connectivity index (χ2v) is 8.39. The first-order valence-electron chi connectivity index (χ1n) is 10.5. The minimum atomic E-state index is -0.0654. The normalized spacial score (nSPS) is 13.9. The molecule has 0 atom stereocenters. The Hall–Kier alpha value is -3.49. The van der Waals surface area contributed by atoms with Gasteiger partial charge in [-0.1, -0.05) is 36.4 Å². The van der Waals surface area contributed by atoms with Gasteiger partial charge in [-0.3, -0.25) is 4.90 Å². The van der Waals surface area contributed by atoms with Gasteiger partial charge in [-0.2, -0.15) is 0 Å². The zero-order valence-corrected chi connectivity index (χ0v) is 18.5. The van der Waals surface area contributed by atoms with Crippen molar-refractivity contribution in [1.82, 2.24) is 15.3 Å². The average molecular weight is 446 g/mol. The van der Waals surface area contributed by atoms with Gasteiger partial charge in [0.2, 0.25) is 0 Å². The Balaban J connectivity index is 1.56. The molecular weight excluding hydrogens is 422 g/mol. The molecule has 5 rings (SSSR count). The predicted octanol–water partition coefficient (Wildman–Crippen LogP) is 5.17. The van der Waals surface area contributed by atoms with Gasteiger partial charge in [-0.15, -0.1) is 11.3 Å². The van der Waals surface area contributed by atoms with Crippen LogP contribution in [0.5, 0.6) is 0 Å². The molecule has 2 amide bonds. The molecule has 1 fully saturated rings. The molecular formula is C24H23N5O2S. The molecule has 1 aliphatic rings. The summed E-state index contributed by atoms with van der Waals surface area (Å²) in [5, 5.41) is 9.47. The van der Waals surface area contributed by atoms with Crippen molar-refractivity contribution in [3.63, 3.8) is 0 Å².